The lowest BCUT2D eigenvalue weighted by Gasteiger charge is -2.31. The summed E-state index contributed by atoms with van der Waals surface area (Å²) in [7, 11) is 0. The number of carbonyl (C=O) groups is 1. The molecule has 110 valence electrons. The first kappa shape index (κ1) is 14.1. The minimum absolute atomic E-state index is 0.121. The van der Waals surface area contributed by atoms with Gasteiger partial charge >= 0.3 is 0 Å². The van der Waals surface area contributed by atoms with Gasteiger partial charge in [-0.1, -0.05) is 23.3 Å². The van der Waals surface area contributed by atoms with Crippen LogP contribution in [-0.4, -0.2) is 29.3 Å². The number of nitrogens with one attached hydrogen (secondary N) is 1. The van der Waals surface area contributed by atoms with Gasteiger partial charge in [-0.25, -0.2) is 0 Å². The molecule has 1 aliphatic heterocycles. The van der Waals surface area contributed by atoms with Crippen LogP contribution in [0.4, 0.5) is 5.69 Å². The van der Waals surface area contributed by atoms with Crippen molar-refractivity contribution in [2.24, 2.45) is 0 Å². The Hall–Kier alpha value is -1.86. The van der Waals surface area contributed by atoms with Gasteiger partial charge in [-0.05, 0) is 47.4 Å². The largest absolute Gasteiger partial charge is 0.459 e. The maximum absolute atomic E-state index is 11.9. The van der Waals surface area contributed by atoms with Gasteiger partial charge in [0.15, 0.2) is 6.61 Å². The highest BCUT2D eigenvalue weighted by Crippen LogP contribution is 2.25. The first-order chi connectivity index (χ1) is 10.2. The quantitative estimate of drug-likeness (QED) is 0.932. The number of aromatic nitrogens is 2. The predicted octanol–water partition coefficient (Wildman–Crippen LogP) is 2.05. The van der Waals surface area contributed by atoms with Crippen LogP contribution in [0.3, 0.4) is 0 Å². The van der Waals surface area contributed by atoms with Crippen LogP contribution in [0.5, 0.6) is 5.19 Å². The van der Waals surface area contributed by atoms with Gasteiger partial charge < -0.3 is 4.74 Å². The molecule has 2 aromatic rings. The molecule has 3 rings (SSSR count). The second kappa shape index (κ2) is 6.28. The van der Waals surface area contributed by atoms with E-state index in [0.717, 1.165) is 36.4 Å². The lowest BCUT2D eigenvalue weighted by molar-refractivity contribution is -0.123. The number of aryl methyl sites for hydroxylation is 1. The monoisotopic (exact) mass is 324 g/mol. The number of anilines is 1. The first-order valence-corrected chi connectivity index (χ1v) is 7.68. The van der Waals surface area contributed by atoms with E-state index in [1.54, 1.807) is 0 Å². The fourth-order valence-electron chi connectivity index (χ4n) is 2.21. The maximum atomic E-state index is 11.9. The Bertz CT molecular complexity index is 649. The summed E-state index contributed by atoms with van der Waals surface area (Å²) in [6.45, 7) is 0.664. The number of nitrogens with zero attached hydrogens (tertiary/aromatic N) is 3. The Labute approximate surface area is 130 Å². The number of amides is 1. The van der Waals surface area contributed by atoms with E-state index in [9.17, 15) is 4.79 Å². The average molecular weight is 325 g/mol. The van der Waals surface area contributed by atoms with Crippen molar-refractivity contribution in [2.45, 2.75) is 12.8 Å². The van der Waals surface area contributed by atoms with E-state index in [4.69, 9.17) is 16.3 Å². The second-order valence-electron chi connectivity index (χ2n) is 4.53. The molecule has 6 nitrogen and oxygen atoms in total. The Morgan fingerprint density at radius 2 is 2.29 bits per heavy atom. The third kappa shape index (κ3) is 3.43. The van der Waals surface area contributed by atoms with Crippen LogP contribution in [0.15, 0.2) is 24.3 Å². The molecular formula is C13H13ClN4O2S. The molecule has 0 saturated carbocycles. The molecule has 1 aromatic heterocycles. The SMILES string of the molecule is O=C(COc1nnc(Cl)s1)NN1CCCc2ccccc21. The van der Waals surface area contributed by atoms with Crippen molar-refractivity contribution < 1.29 is 9.53 Å². The molecule has 21 heavy (non-hydrogen) atoms. The van der Waals surface area contributed by atoms with Gasteiger partial charge in [-0.15, -0.1) is 5.10 Å². The zero-order valence-electron chi connectivity index (χ0n) is 11.1. The Kier molecular flexibility index (Phi) is 4.21. The molecule has 1 aromatic carbocycles. The highest BCUT2D eigenvalue weighted by atomic mass is 35.5. The molecule has 8 heteroatoms. The Balaban J connectivity index is 1.58. The number of benzene rings is 1. The van der Waals surface area contributed by atoms with E-state index in [0.29, 0.717) is 0 Å². The standard InChI is InChI=1S/C13H13ClN4O2S/c14-12-15-16-13(21-12)20-8-11(19)17-18-7-3-5-9-4-1-2-6-10(9)18/h1-2,4,6H,3,5,7-8H2,(H,17,19). The number of hydrazine groups is 1. The Morgan fingerprint density at radius 3 is 3.10 bits per heavy atom. The summed E-state index contributed by atoms with van der Waals surface area (Å²) in [5, 5.41) is 9.44. The molecule has 1 N–H and O–H groups in total. The second-order valence-corrected chi connectivity index (χ2v) is 6.05. The number of para-hydroxylation sites is 1. The number of hydrogen-bond acceptors (Lipinski definition) is 6. The van der Waals surface area contributed by atoms with Crippen LogP contribution >= 0.6 is 22.9 Å². The average Bonchev–Trinajstić information content (AvgIpc) is 2.91. The molecule has 2 heterocycles. The van der Waals surface area contributed by atoms with Crippen LogP contribution in [0.25, 0.3) is 0 Å². The zero-order chi connectivity index (χ0) is 14.7. The molecular weight excluding hydrogens is 312 g/mol. The molecule has 0 fully saturated rings. The van der Waals surface area contributed by atoms with E-state index in [-0.39, 0.29) is 22.2 Å². The van der Waals surface area contributed by atoms with Crippen molar-refractivity contribution in [3.8, 4) is 5.19 Å². The summed E-state index contributed by atoms with van der Waals surface area (Å²) in [4.78, 5) is 11.9. The lowest BCUT2D eigenvalue weighted by atomic mass is 10.0. The highest BCUT2D eigenvalue weighted by Gasteiger charge is 2.18. The summed E-state index contributed by atoms with van der Waals surface area (Å²) in [5.41, 5.74) is 5.12. The summed E-state index contributed by atoms with van der Waals surface area (Å²) >= 11 is 6.74. The summed E-state index contributed by atoms with van der Waals surface area (Å²) in [6, 6.07) is 8.04. The minimum Gasteiger partial charge on any atom is -0.459 e. The van der Waals surface area contributed by atoms with Crippen molar-refractivity contribution in [1.82, 2.24) is 15.6 Å². The fourth-order valence-corrected chi connectivity index (χ4v) is 2.87. The molecule has 0 atom stereocenters. The normalized spacial score (nSPS) is 13.7. The topological polar surface area (TPSA) is 67.3 Å². The van der Waals surface area contributed by atoms with Crippen LogP contribution in [0, 0.1) is 0 Å². The molecule has 0 radical (unpaired) electrons. The van der Waals surface area contributed by atoms with Gasteiger partial charge in [-0.2, -0.15) is 0 Å². The third-order valence-electron chi connectivity index (χ3n) is 3.08. The van der Waals surface area contributed by atoms with Gasteiger partial charge in [0.25, 0.3) is 11.1 Å². The Morgan fingerprint density at radius 1 is 1.43 bits per heavy atom. The van der Waals surface area contributed by atoms with Gasteiger partial charge in [0.05, 0.1) is 5.69 Å². The van der Waals surface area contributed by atoms with Crippen LogP contribution in [0.2, 0.25) is 4.47 Å². The molecule has 0 aliphatic carbocycles. The van der Waals surface area contributed by atoms with Crippen molar-refractivity contribution in [3.05, 3.63) is 34.3 Å². The number of fused-ring (bicyclic) bond motifs is 1. The van der Waals surface area contributed by atoms with Gasteiger partial charge in [0.1, 0.15) is 0 Å². The molecule has 0 spiro atoms. The summed E-state index contributed by atoms with van der Waals surface area (Å²) < 4.78 is 5.53. The number of halogens is 1. The predicted molar refractivity (Wildman–Crippen MR) is 80.7 cm³/mol. The molecule has 1 amide bonds. The van der Waals surface area contributed by atoms with E-state index < -0.39 is 0 Å². The van der Waals surface area contributed by atoms with Gasteiger partial charge in [-0.3, -0.25) is 15.2 Å². The molecule has 0 unspecified atom stereocenters. The third-order valence-corrected chi connectivity index (χ3v) is 4.01. The molecule has 1 aliphatic rings. The number of ether oxygens (including phenoxy) is 1. The highest BCUT2D eigenvalue weighted by molar-refractivity contribution is 7.17. The van der Waals surface area contributed by atoms with Crippen molar-refractivity contribution in [2.75, 3.05) is 18.2 Å². The number of carbonyl (C=O) groups excluding carboxylic acids is 1. The summed E-state index contributed by atoms with van der Waals surface area (Å²) in [5.74, 6) is -0.238. The molecule has 0 bridgehead atoms. The summed E-state index contributed by atoms with van der Waals surface area (Å²) in [6.07, 6.45) is 2.03. The van der Waals surface area contributed by atoms with E-state index in [1.165, 1.54) is 5.56 Å². The van der Waals surface area contributed by atoms with Crippen LogP contribution in [0.1, 0.15) is 12.0 Å². The number of rotatable bonds is 4. The first-order valence-electron chi connectivity index (χ1n) is 6.49. The van der Waals surface area contributed by atoms with Crippen LogP contribution in [-0.2, 0) is 11.2 Å². The van der Waals surface area contributed by atoms with E-state index in [1.807, 2.05) is 23.2 Å². The van der Waals surface area contributed by atoms with Crippen molar-refractivity contribution in [1.29, 1.82) is 0 Å². The van der Waals surface area contributed by atoms with Crippen molar-refractivity contribution in [3.63, 3.8) is 0 Å². The van der Waals surface area contributed by atoms with E-state index >= 15 is 0 Å². The smallest absolute Gasteiger partial charge is 0.295 e. The molecule has 0 saturated heterocycles. The van der Waals surface area contributed by atoms with Gasteiger partial charge in [0, 0.05) is 6.54 Å². The fraction of sp³-hybridized carbons (Fsp3) is 0.308. The zero-order valence-corrected chi connectivity index (χ0v) is 12.7. The van der Waals surface area contributed by atoms with Crippen LogP contribution < -0.4 is 15.2 Å². The number of hydrogen-bond donors (Lipinski definition) is 1. The minimum atomic E-state index is -0.238. The maximum Gasteiger partial charge on any atom is 0.295 e. The van der Waals surface area contributed by atoms with E-state index in [2.05, 4.69) is 21.7 Å². The van der Waals surface area contributed by atoms with Crippen molar-refractivity contribution >= 4 is 34.5 Å². The lowest BCUT2D eigenvalue weighted by Crippen LogP contribution is -2.46. The van der Waals surface area contributed by atoms with Gasteiger partial charge in [0.2, 0.25) is 4.47 Å².